The van der Waals surface area contributed by atoms with Crippen LogP contribution in [0.2, 0.25) is 0 Å². The molecule has 1 aromatic carbocycles. The number of nitrogens with zero attached hydrogens (tertiary/aromatic N) is 1. The fraction of sp³-hybridized carbons (Fsp3) is 0.500. The lowest BCUT2D eigenvalue weighted by Gasteiger charge is -2.45. The zero-order chi connectivity index (χ0) is 12.1. The number of aromatic amines is 1. The van der Waals surface area contributed by atoms with E-state index in [1.807, 2.05) is 0 Å². The van der Waals surface area contributed by atoms with E-state index >= 15 is 0 Å². The van der Waals surface area contributed by atoms with Crippen molar-refractivity contribution in [2.24, 2.45) is 5.92 Å². The molecule has 3 aliphatic heterocycles. The van der Waals surface area contributed by atoms with Crippen molar-refractivity contribution in [3.05, 3.63) is 35.5 Å². The van der Waals surface area contributed by atoms with Crippen molar-refractivity contribution >= 4 is 10.9 Å². The Labute approximate surface area is 108 Å². The van der Waals surface area contributed by atoms with Gasteiger partial charge >= 0.3 is 0 Å². The minimum absolute atomic E-state index is 0.753. The van der Waals surface area contributed by atoms with E-state index in [0.717, 1.165) is 11.8 Å². The van der Waals surface area contributed by atoms with Crippen LogP contribution >= 0.6 is 0 Å². The van der Waals surface area contributed by atoms with Gasteiger partial charge in [0.1, 0.15) is 0 Å². The molecule has 1 aromatic heterocycles. The fourth-order valence-corrected chi connectivity index (χ4v) is 4.07. The highest BCUT2D eigenvalue weighted by Crippen LogP contribution is 2.42. The first-order chi connectivity index (χ1) is 8.83. The number of hydrogen-bond donors (Lipinski definition) is 1. The maximum atomic E-state index is 3.57. The van der Waals surface area contributed by atoms with Gasteiger partial charge < -0.3 is 9.88 Å². The van der Waals surface area contributed by atoms with Crippen molar-refractivity contribution < 1.29 is 0 Å². The average Bonchev–Trinajstić information content (AvgIpc) is 2.75. The molecule has 2 heteroatoms. The molecule has 0 amide bonds. The Bertz CT molecular complexity index is 576. The highest BCUT2D eigenvalue weighted by Gasteiger charge is 2.36. The van der Waals surface area contributed by atoms with Crippen molar-refractivity contribution in [2.75, 3.05) is 19.6 Å². The van der Waals surface area contributed by atoms with E-state index in [9.17, 15) is 0 Å². The van der Waals surface area contributed by atoms with E-state index in [-0.39, 0.29) is 0 Å². The van der Waals surface area contributed by atoms with Crippen molar-refractivity contribution in [1.82, 2.24) is 9.88 Å². The van der Waals surface area contributed by atoms with Gasteiger partial charge in [-0.05, 0) is 50.4 Å². The Morgan fingerprint density at radius 2 is 1.94 bits per heavy atom. The quantitative estimate of drug-likeness (QED) is 0.810. The van der Waals surface area contributed by atoms with Crippen LogP contribution in [0.5, 0.6) is 0 Å². The third-order valence-electron chi connectivity index (χ3n) is 4.97. The molecule has 1 atom stereocenters. The molecule has 0 spiro atoms. The highest BCUT2D eigenvalue weighted by molar-refractivity contribution is 5.85. The minimum atomic E-state index is 0.753. The zero-order valence-electron chi connectivity index (χ0n) is 10.9. The van der Waals surface area contributed by atoms with Gasteiger partial charge in [0.05, 0.1) is 0 Å². The molecule has 2 bridgehead atoms. The normalized spacial score (nSPS) is 31.1. The summed E-state index contributed by atoms with van der Waals surface area (Å²) in [4.78, 5) is 6.21. The monoisotopic (exact) mass is 240 g/mol. The van der Waals surface area contributed by atoms with Crippen molar-refractivity contribution in [2.45, 2.75) is 25.7 Å². The lowest BCUT2D eigenvalue weighted by atomic mass is 9.75. The van der Waals surface area contributed by atoms with Gasteiger partial charge in [0.25, 0.3) is 0 Å². The van der Waals surface area contributed by atoms with Crippen LogP contribution in [0.25, 0.3) is 10.9 Å². The van der Waals surface area contributed by atoms with Gasteiger partial charge in [0.15, 0.2) is 0 Å². The second-order valence-corrected chi connectivity index (χ2v) is 5.95. The van der Waals surface area contributed by atoms with Crippen molar-refractivity contribution in [3.63, 3.8) is 0 Å². The molecule has 0 radical (unpaired) electrons. The number of para-hydroxylation sites is 1. The topological polar surface area (TPSA) is 19.0 Å². The molecule has 5 rings (SSSR count). The summed E-state index contributed by atoms with van der Waals surface area (Å²) in [7, 11) is 0. The summed E-state index contributed by atoms with van der Waals surface area (Å²) in [6.07, 6.45) is 2.78. The van der Waals surface area contributed by atoms with Crippen molar-refractivity contribution in [3.8, 4) is 0 Å². The lowest BCUT2D eigenvalue weighted by Crippen LogP contribution is -2.46. The van der Waals surface area contributed by atoms with Crippen LogP contribution in [-0.2, 0) is 0 Å². The number of hydrogen-bond acceptors (Lipinski definition) is 1. The van der Waals surface area contributed by atoms with E-state index in [0.29, 0.717) is 0 Å². The number of nitrogens with one attached hydrogen (secondary N) is 1. The SMILES string of the molecule is Cc1[nH]c2ccccc2c1C1CN2CCC1CC2. The van der Waals surface area contributed by atoms with Gasteiger partial charge in [0.2, 0.25) is 0 Å². The summed E-state index contributed by atoms with van der Waals surface area (Å²) >= 11 is 0. The molecular formula is C16H20N2. The molecule has 0 saturated carbocycles. The predicted molar refractivity (Wildman–Crippen MR) is 74.9 cm³/mol. The Kier molecular flexibility index (Phi) is 2.28. The zero-order valence-corrected chi connectivity index (χ0v) is 10.9. The number of H-pyrrole nitrogens is 1. The van der Waals surface area contributed by atoms with Crippen LogP contribution in [-0.4, -0.2) is 29.5 Å². The number of rotatable bonds is 1. The van der Waals surface area contributed by atoms with Gasteiger partial charge in [-0.1, -0.05) is 18.2 Å². The molecule has 0 aliphatic carbocycles. The van der Waals surface area contributed by atoms with Gasteiger partial charge in [-0.2, -0.15) is 0 Å². The number of benzene rings is 1. The fourth-order valence-electron chi connectivity index (χ4n) is 4.07. The van der Waals surface area contributed by atoms with E-state index in [4.69, 9.17) is 0 Å². The van der Waals surface area contributed by atoms with Crippen LogP contribution < -0.4 is 0 Å². The highest BCUT2D eigenvalue weighted by atomic mass is 15.1. The number of piperidine rings is 3. The molecule has 1 N–H and O–H groups in total. The minimum Gasteiger partial charge on any atom is -0.358 e. The summed E-state index contributed by atoms with van der Waals surface area (Å²) < 4.78 is 0. The van der Waals surface area contributed by atoms with Crippen LogP contribution in [0.4, 0.5) is 0 Å². The predicted octanol–water partition coefficient (Wildman–Crippen LogP) is 3.29. The summed E-state index contributed by atoms with van der Waals surface area (Å²) in [5, 5.41) is 1.45. The summed E-state index contributed by atoms with van der Waals surface area (Å²) in [5.41, 5.74) is 4.29. The first-order valence-corrected chi connectivity index (χ1v) is 7.12. The average molecular weight is 240 g/mol. The van der Waals surface area contributed by atoms with E-state index < -0.39 is 0 Å². The second kappa shape index (κ2) is 3.86. The summed E-state index contributed by atoms with van der Waals surface area (Å²) in [6, 6.07) is 8.78. The van der Waals surface area contributed by atoms with Crippen LogP contribution in [0.1, 0.15) is 30.0 Å². The smallest absolute Gasteiger partial charge is 0.0458 e. The van der Waals surface area contributed by atoms with Gasteiger partial charge in [-0.15, -0.1) is 0 Å². The molecular weight excluding hydrogens is 220 g/mol. The Morgan fingerprint density at radius 1 is 1.17 bits per heavy atom. The molecule has 3 saturated heterocycles. The van der Waals surface area contributed by atoms with Crippen LogP contribution in [0.3, 0.4) is 0 Å². The standard InChI is InChI=1S/C16H20N2/c1-11-16(13-4-2-3-5-15(13)17-11)14-10-18-8-6-12(14)7-9-18/h2-5,12,14,17H,6-10H2,1H3. The van der Waals surface area contributed by atoms with E-state index in [1.165, 1.54) is 49.1 Å². The molecule has 2 aromatic rings. The molecule has 2 nitrogen and oxygen atoms in total. The van der Waals surface area contributed by atoms with E-state index in [2.05, 4.69) is 41.1 Å². The Balaban J connectivity index is 1.84. The van der Waals surface area contributed by atoms with Crippen LogP contribution in [0, 0.1) is 12.8 Å². The van der Waals surface area contributed by atoms with Gasteiger partial charge in [-0.25, -0.2) is 0 Å². The molecule has 3 aliphatic rings. The maximum Gasteiger partial charge on any atom is 0.0458 e. The van der Waals surface area contributed by atoms with Gasteiger partial charge in [-0.3, -0.25) is 0 Å². The molecule has 94 valence electrons. The number of fused-ring (bicyclic) bond motifs is 4. The van der Waals surface area contributed by atoms with E-state index in [1.54, 1.807) is 5.56 Å². The molecule has 18 heavy (non-hydrogen) atoms. The van der Waals surface area contributed by atoms with Crippen molar-refractivity contribution in [1.29, 1.82) is 0 Å². The first kappa shape index (κ1) is 10.6. The Hall–Kier alpha value is -1.28. The number of aryl methyl sites for hydroxylation is 1. The lowest BCUT2D eigenvalue weighted by molar-refractivity contribution is 0.0874. The first-order valence-electron chi connectivity index (χ1n) is 7.12. The van der Waals surface area contributed by atoms with Crippen LogP contribution in [0.15, 0.2) is 24.3 Å². The molecule has 4 heterocycles. The summed E-state index contributed by atoms with van der Waals surface area (Å²) in [6.45, 7) is 6.16. The third kappa shape index (κ3) is 1.45. The summed E-state index contributed by atoms with van der Waals surface area (Å²) in [5.74, 6) is 1.66. The molecule has 3 fully saturated rings. The maximum absolute atomic E-state index is 3.57. The second-order valence-electron chi connectivity index (χ2n) is 5.95. The third-order valence-corrected chi connectivity index (χ3v) is 4.97. The largest absolute Gasteiger partial charge is 0.358 e. The van der Waals surface area contributed by atoms with Gasteiger partial charge in [0, 0.05) is 29.1 Å². The Morgan fingerprint density at radius 3 is 2.67 bits per heavy atom. The molecule has 1 unspecified atom stereocenters. The number of aromatic nitrogens is 1.